The number of para-hydroxylation sites is 2. The summed E-state index contributed by atoms with van der Waals surface area (Å²) in [5.74, 6) is 0. The molecule has 0 aliphatic heterocycles. The molecule has 3 aromatic carbocycles. The van der Waals surface area contributed by atoms with Crippen molar-refractivity contribution in [2.75, 3.05) is 0 Å². The van der Waals surface area contributed by atoms with E-state index in [1.165, 1.54) is 45.4 Å². The number of fused-ring (bicyclic) bond motifs is 3. The quantitative estimate of drug-likeness (QED) is 0.471. The van der Waals surface area contributed by atoms with Crippen molar-refractivity contribution in [2.24, 2.45) is 0 Å². The molecule has 116 valence electrons. The fraction of sp³-hybridized carbons (Fsp3) is 0. The van der Waals surface area contributed by atoms with Gasteiger partial charge in [0.2, 0.25) is 0 Å². The summed E-state index contributed by atoms with van der Waals surface area (Å²) < 4.78 is 4.22. The van der Waals surface area contributed by atoms with Gasteiger partial charge in [-0.1, -0.05) is 66.7 Å². The highest BCUT2D eigenvalue weighted by atomic mass is 16.5. The normalized spacial score (nSPS) is 10.5. The third-order valence-corrected chi connectivity index (χ3v) is 3.91. The molecular formula is C20H15N3O. The average Bonchev–Trinajstić information content (AvgIpc) is 3.33. The fourth-order valence-electron chi connectivity index (χ4n) is 2.87. The van der Waals surface area contributed by atoms with Crippen molar-refractivity contribution < 1.29 is 4.52 Å². The van der Waals surface area contributed by atoms with Crippen LogP contribution in [0.3, 0.4) is 0 Å². The summed E-state index contributed by atoms with van der Waals surface area (Å²) in [5.41, 5.74) is 4.92. The molecule has 0 atom stereocenters. The average molecular weight is 313 g/mol. The molecule has 0 fully saturated rings. The van der Waals surface area contributed by atoms with Crippen LogP contribution in [-0.4, -0.2) is 15.4 Å². The molecule has 0 spiro atoms. The zero-order valence-corrected chi connectivity index (χ0v) is 12.9. The van der Waals surface area contributed by atoms with Crippen molar-refractivity contribution in [2.45, 2.75) is 0 Å². The molecule has 5 aromatic rings. The first kappa shape index (κ1) is 14.2. The second-order valence-electron chi connectivity index (χ2n) is 5.35. The van der Waals surface area contributed by atoms with Gasteiger partial charge in [0.25, 0.3) is 0 Å². The summed E-state index contributed by atoms with van der Waals surface area (Å²) in [6.45, 7) is 0. The maximum atomic E-state index is 4.22. The molecule has 0 unspecified atom stereocenters. The first-order chi connectivity index (χ1) is 11.9. The van der Waals surface area contributed by atoms with Crippen LogP contribution >= 0.6 is 0 Å². The van der Waals surface area contributed by atoms with Crippen molar-refractivity contribution >= 4 is 21.8 Å². The molecule has 5 rings (SSSR count). The smallest absolute Gasteiger partial charge is 0.144 e. The minimum atomic E-state index is 1.20. The number of hydrogen-bond donors (Lipinski definition) is 1. The van der Waals surface area contributed by atoms with Crippen LogP contribution in [0, 0.1) is 0 Å². The molecule has 4 heteroatoms. The molecule has 0 saturated carbocycles. The lowest BCUT2D eigenvalue weighted by atomic mass is 10.0. The Bertz CT molecular complexity index is 1030. The molecule has 0 saturated heterocycles. The van der Waals surface area contributed by atoms with Crippen molar-refractivity contribution in [1.29, 1.82) is 0 Å². The predicted octanol–water partition coefficient (Wildman–Crippen LogP) is 5.06. The lowest BCUT2D eigenvalue weighted by Crippen LogP contribution is -1.79. The largest absolute Gasteiger partial charge is 0.354 e. The highest BCUT2D eigenvalue weighted by Crippen LogP contribution is 2.32. The van der Waals surface area contributed by atoms with Crippen molar-refractivity contribution in [3.8, 4) is 11.1 Å². The third-order valence-electron chi connectivity index (χ3n) is 3.91. The number of rotatable bonds is 1. The van der Waals surface area contributed by atoms with Crippen LogP contribution in [0.4, 0.5) is 0 Å². The lowest BCUT2D eigenvalue weighted by molar-refractivity contribution is 0.393. The number of aromatic nitrogens is 3. The first-order valence-electron chi connectivity index (χ1n) is 7.69. The molecule has 0 aliphatic rings. The standard InChI is InChI=1S/C18H13N.C2H2N2O/c1-2-7-13(8-3-1)14-10-6-11-16-15-9-4-5-12-17(15)19-18(14)16;1-2-5-4-3-1/h1-12,19H;1-2H. The van der Waals surface area contributed by atoms with Crippen LogP contribution < -0.4 is 0 Å². The summed E-state index contributed by atoms with van der Waals surface area (Å²) in [4.78, 5) is 3.55. The van der Waals surface area contributed by atoms with Crippen LogP contribution in [-0.2, 0) is 0 Å². The first-order valence-corrected chi connectivity index (χ1v) is 7.69. The van der Waals surface area contributed by atoms with Crippen LogP contribution in [0.5, 0.6) is 0 Å². The monoisotopic (exact) mass is 313 g/mol. The molecule has 0 bridgehead atoms. The van der Waals surface area contributed by atoms with E-state index in [0.29, 0.717) is 0 Å². The van der Waals surface area contributed by atoms with Gasteiger partial charge in [0.05, 0.1) is 11.7 Å². The molecule has 24 heavy (non-hydrogen) atoms. The minimum Gasteiger partial charge on any atom is -0.354 e. The van der Waals surface area contributed by atoms with Gasteiger partial charge in [-0.2, -0.15) is 0 Å². The van der Waals surface area contributed by atoms with E-state index < -0.39 is 0 Å². The highest BCUT2D eigenvalue weighted by Gasteiger charge is 2.08. The topological polar surface area (TPSA) is 54.7 Å². The summed E-state index contributed by atoms with van der Waals surface area (Å²) in [6, 6.07) is 25.5. The summed E-state index contributed by atoms with van der Waals surface area (Å²) in [7, 11) is 0. The molecule has 0 radical (unpaired) electrons. The minimum absolute atomic E-state index is 1.20. The summed E-state index contributed by atoms with van der Waals surface area (Å²) in [6.07, 6.45) is 2.88. The van der Waals surface area contributed by atoms with E-state index in [2.05, 4.69) is 92.7 Å². The Hall–Kier alpha value is -3.40. The Morgan fingerprint density at radius 1 is 0.750 bits per heavy atom. The van der Waals surface area contributed by atoms with E-state index in [9.17, 15) is 0 Å². The number of nitrogens with one attached hydrogen (secondary N) is 1. The van der Waals surface area contributed by atoms with Gasteiger partial charge in [-0.25, -0.2) is 0 Å². The molecule has 4 nitrogen and oxygen atoms in total. The van der Waals surface area contributed by atoms with E-state index in [0.717, 1.165) is 0 Å². The Labute approximate surface area is 138 Å². The second-order valence-corrected chi connectivity index (χ2v) is 5.35. The van der Waals surface area contributed by atoms with Gasteiger partial charge in [0.15, 0.2) is 0 Å². The zero-order valence-electron chi connectivity index (χ0n) is 12.9. The Morgan fingerprint density at radius 2 is 1.54 bits per heavy atom. The highest BCUT2D eigenvalue weighted by molar-refractivity contribution is 6.11. The van der Waals surface area contributed by atoms with Gasteiger partial charge in [-0.05, 0) is 11.6 Å². The van der Waals surface area contributed by atoms with E-state index in [4.69, 9.17) is 0 Å². The van der Waals surface area contributed by atoms with Gasteiger partial charge in [0, 0.05) is 27.1 Å². The van der Waals surface area contributed by atoms with Crippen LogP contribution in [0.25, 0.3) is 32.9 Å². The summed E-state index contributed by atoms with van der Waals surface area (Å²) >= 11 is 0. The summed E-state index contributed by atoms with van der Waals surface area (Å²) in [5, 5.41) is 8.98. The lowest BCUT2D eigenvalue weighted by Gasteiger charge is -2.03. The van der Waals surface area contributed by atoms with Gasteiger partial charge in [-0.15, -0.1) is 5.10 Å². The van der Waals surface area contributed by atoms with E-state index in [1.807, 2.05) is 0 Å². The molecule has 2 heterocycles. The van der Waals surface area contributed by atoms with Crippen LogP contribution in [0.2, 0.25) is 0 Å². The molecule has 0 aliphatic carbocycles. The number of aromatic amines is 1. The number of hydrogen-bond acceptors (Lipinski definition) is 3. The van der Waals surface area contributed by atoms with Crippen molar-refractivity contribution in [1.82, 2.24) is 15.4 Å². The van der Waals surface area contributed by atoms with E-state index in [1.54, 1.807) is 0 Å². The maximum Gasteiger partial charge on any atom is 0.144 e. The van der Waals surface area contributed by atoms with E-state index in [-0.39, 0.29) is 0 Å². The Balaban J connectivity index is 0.000000252. The van der Waals surface area contributed by atoms with Crippen molar-refractivity contribution in [3.63, 3.8) is 0 Å². The number of benzene rings is 3. The maximum absolute atomic E-state index is 4.22. The molecule has 1 N–H and O–H groups in total. The number of nitrogens with zero attached hydrogens (tertiary/aromatic N) is 2. The Morgan fingerprint density at radius 3 is 2.29 bits per heavy atom. The predicted molar refractivity (Wildman–Crippen MR) is 95.5 cm³/mol. The molecule has 0 amide bonds. The number of H-pyrrole nitrogens is 1. The Kier molecular flexibility index (Phi) is 3.78. The van der Waals surface area contributed by atoms with Crippen LogP contribution in [0.1, 0.15) is 0 Å². The fourth-order valence-corrected chi connectivity index (χ4v) is 2.87. The molecule has 2 aromatic heterocycles. The third kappa shape index (κ3) is 2.65. The second kappa shape index (κ2) is 6.38. The molecular weight excluding hydrogens is 298 g/mol. The van der Waals surface area contributed by atoms with E-state index >= 15 is 0 Å². The van der Waals surface area contributed by atoms with Crippen LogP contribution in [0.15, 0.2) is 89.8 Å². The SMILES string of the molecule is c1ccc(-c2cccc3c2[nH]c2ccccc23)cc1.c1conn1. The van der Waals surface area contributed by atoms with Gasteiger partial charge >= 0.3 is 0 Å². The van der Waals surface area contributed by atoms with Gasteiger partial charge in [0.1, 0.15) is 6.26 Å². The van der Waals surface area contributed by atoms with Gasteiger partial charge < -0.3 is 9.51 Å². The van der Waals surface area contributed by atoms with Crippen molar-refractivity contribution in [3.05, 3.63) is 85.3 Å². The van der Waals surface area contributed by atoms with Gasteiger partial charge in [-0.3, -0.25) is 0 Å². The zero-order chi connectivity index (χ0) is 16.2.